The van der Waals surface area contributed by atoms with Crippen molar-refractivity contribution in [1.82, 2.24) is 18.8 Å². The second-order valence-corrected chi connectivity index (χ2v) is 11.4. The molecule has 1 aliphatic carbocycles. The molecule has 1 aromatic heterocycles. The summed E-state index contributed by atoms with van der Waals surface area (Å²) in [7, 11) is -3.87. The molecule has 4 rings (SSSR count). The Morgan fingerprint density at radius 3 is 2.33 bits per heavy atom. The van der Waals surface area contributed by atoms with Crippen LogP contribution in [0.4, 0.5) is 13.2 Å². The van der Waals surface area contributed by atoms with Gasteiger partial charge in [-0.25, -0.2) is 13.4 Å². The van der Waals surface area contributed by atoms with Gasteiger partial charge >= 0.3 is 6.18 Å². The Morgan fingerprint density at radius 1 is 1.15 bits per heavy atom. The summed E-state index contributed by atoms with van der Waals surface area (Å²) in [4.78, 5) is 6.31. The Bertz CT molecular complexity index is 1070. The fraction of sp³-hybridized carbons (Fsp3) is 0.591. The molecular weight excluding hydrogens is 457 g/mol. The maximum absolute atomic E-state index is 13.2. The van der Waals surface area contributed by atoms with E-state index in [1.54, 1.807) is 6.20 Å². The van der Waals surface area contributed by atoms with E-state index in [0.29, 0.717) is 26.6 Å². The summed E-state index contributed by atoms with van der Waals surface area (Å²) in [5.41, 5.74) is -3.25. The van der Waals surface area contributed by atoms with Crippen molar-refractivity contribution >= 4 is 10.0 Å². The quantitative estimate of drug-likeness (QED) is 0.651. The highest BCUT2D eigenvalue weighted by molar-refractivity contribution is 7.89. The van der Waals surface area contributed by atoms with Gasteiger partial charge in [-0.15, -0.1) is 0 Å². The van der Waals surface area contributed by atoms with Gasteiger partial charge in [0.05, 0.1) is 11.2 Å². The fourth-order valence-corrected chi connectivity index (χ4v) is 6.17. The first-order valence-electron chi connectivity index (χ1n) is 10.9. The predicted octanol–water partition coefficient (Wildman–Crippen LogP) is 2.83. The zero-order valence-corrected chi connectivity index (χ0v) is 19.5. The van der Waals surface area contributed by atoms with Crippen LogP contribution in [0.15, 0.2) is 47.9 Å². The van der Waals surface area contributed by atoms with E-state index in [2.05, 4.69) is 14.5 Å². The number of alkyl halides is 3. The SMILES string of the molecule is C[C@@H]1CN(CC2(Cn3ccnc3)CC2)CCN1S(=O)(=O)c1ccc(C(C)(O)C(F)(F)F)cc1. The molecule has 1 unspecified atom stereocenters. The Labute approximate surface area is 191 Å². The van der Waals surface area contributed by atoms with Crippen LogP contribution in [0.3, 0.4) is 0 Å². The number of aliphatic hydroxyl groups is 1. The molecule has 1 aliphatic heterocycles. The highest BCUT2D eigenvalue weighted by atomic mass is 32.2. The fourth-order valence-electron chi connectivity index (χ4n) is 4.55. The lowest BCUT2D eigenvalue weighted by Gasteiger charge is -2.40. The number of halogens is 3. The van der Waals surface area contributed by atoms with E-state index in [1.807, 2.05) is 19.4 Å². The predicted molar refractivity (Wildman–Crippen MR) is 116 cm³/mol. The summed E-state index contributed by atoms with van der Waals surface area (Å²) in [5, 5.41) is 9.82. The number of hydrogen-bond acceptors (Lipinski definition) is 5. The summed E-state index contributed by atoms with van der Waals surface area (Å²) in [6, 6.07) is 4.04. The van der Waals surface area contributed by atoms with Crippen LogP contribution in [0.2, 0.25) is 0 Å². The van der Waals surface area contributed by atoms with Crippen molar-refractivity contribution in [2.75, 3.05) is 26.2 Å². The Kier molecular flexibility index (Phi) is 6.13. The van der Waals surface area contributed by atoms with Crippen LogP contribution in [0.1, 0.15) is 32.3 Å². The number of imidazole rings is 1. The zero-order valence-electron chi connectivity index (χ0n) is 18.7. The molecule has 7 nitrogen and oxygen atoms in total. The molecule has 2 fully saturated rings. The van der Waals surface area contributed by atoms with Crippen LogP contribution in [-0.4, -0.2) is 70.7 Å². The van der Waals surface area contributed by atoms with Crippen LogP contribution in [0, 0.1) is 5.41 Å². The smallest absolute Gasteiger partial charge is 0.376 e. The molecular formula is C22H29F3N4O3S. The molecule has 0 bridgehead atoms. The maximum Gasteiger partial charge on any atom is 0.421 e. The van der Waals surface area contributed by atoms with Gasteiger partial charge in [-0.3, -0.25) is 4.90 Å². The second kappa shape index (κ2) is 8.37. The minimum atomic E-state index is -4.87. The minimum Gasteiger partial charge on any atom is -0.376 e. The van der Waals surface area contributed by atoms with E-state index >= 15 is 0 Å². The van der Waals surface area contributed by atoms with Gasteiger partial charge in [0, 0.05) is 56.6 Å². The van der Waals surface area contributed by atoms with Crippen molar-refractivity contribution in [3.8, 4) is 0 Å². The lowest BCUT2D eigenvalue weighted by molar-refractivity contribution is -0.258. The summed E-state index contributed by atoms with van der Waals surface area (Å²) >= 11 is 0. The molecule has 1 N–H and O–H groups in total. The van der Waals surface area contributed by atoms with Crippen LogP contribution in [0.25, 0.3) is 0 Å². The number of hydrogen-bond donors (Lipinski definition) is 1. The summed E-state index contributed by atoms with van der Waals surface area (Å²) in [6.07, 6.45) is 2.92. The van der Waals surface area contributed by atoms with Crippen molar-refractivity contribution in [2.45, 2.75) is 55.9 Å². The number of sulfonamides is 1. The van der Waals surface area contributed by atoms with Gasteiger partial charge in [0.2, 0.25) is 10.0 Å². The monoisotopic (exact) mass is 486 g/mol. The molecule has 2 heterocycles. The van der Waals surface area contributed by atoms with Gasteiger partial charge in [-0.05, 0) is 44.4 Å². The highest BCUT2D eigenvalue weighted by Crippen LogP contribution is 2.48. The lowest BCUT2D eigenvalue weighted by atomic mass is 9.96. The molecule has 2 atom stereocenters. The number of rotatable bonds is 7. The average Bonchev–Trinajstić information content (AvgIpc) is 3.27. The van der Waals surface area contributed by atoms with E-state index in [4.69, 9.17) is 0 Å². The normalized spacial score (nSPS) is 23.9. The molecule has 0 radical (unpaired) electrons. The molecule has 1 saturated carbocycles. The van der Waals surface area contributed by atoms with Crippen LogP contribution in [-0.2, 0) is 22.2 Å². The second-order valence-electron chi connectivity index (χ2n) is 9.53. The third-order valence-corrected chi connectivity index (χ3v) is 8.85. The summed E-state index contributed by atoms with van der Waals surface area (Å²) < 4.78 is 69.1. The molecule has 2 aliphatic rings. The first kappa shape index (κ1) is 24.2. The van der Waals surface area contributed by atoms with E-state index < -0.39 is 27.4 Å². The molecule has 2 aromatic rings. The molecule has 1 aromatic carbocycles. The van der Waals surface area contributed by atoms with Gasteiger partial charge in [-0.1, -0.05) is 12.1 Å². The lowest BCUT2D eigenvalue weighted by Crippen LogP contribution is -2.55. The molecule has 33 heavy (non-hydrogen) atoms. The molecule has 1 saturated heterocycles. The third-order valence-electron chi connectivity index (χ3n) is 6.82. The van der Waals surface area contributed by atoms with Gasteiger partial charge in [0.1, 0.15) is 0 Å². The number of benzene rings is 1. The number of piperazine rings is 1. The van der Waals surface area contributed by atoms with E-state index in [0.717, 1.165) is 50.2 Å². The van der Waals surface area contributed by atoms with Crippen molar-refractivity contribution in [3.63, 3.8) is 0 Å². The van der Waals surface area contributed by atoms with E-state index in [-0.39, 0.29) is 16.4 Å². The first-order valence-corrected chi connectivity index (χ1v) is 12.4. The van der Waals surface area contributed by atoms with Crippen molar-refractivity contribution < 1.29 is 26.7 Å². The van der Waals surface area contributed by atoms with Gasteiger partial charge in [0.15, 0.2) is 5.60 Å². The topological polar surface area (TPSA) is 78.7 Å². The van der Waals surface area contributed by atoms with E-state index in [1.165, 1.54) is 4.31 Å². The van der Waals surface area contributed by atoms with Gasteiger partial charge in [0.25, 0.3) is 0 Å². The number of nitrogens with zero attached hydrogens (tertiary/aromatic N) is 4. The van der Waals surface area contributed by atoms with Crippen molar-refractivity contribution in [3.05, 3.63) is 48.5 Å². The average molecular weight is 487 g/mol. The van der Waals surface area contributed by atoms with Crippen LogP contribution >= 0.6 is 0 Å². The summed E-state index contributed by atoms with van der Waals surface area (Å²) in [5.74, 6) is 0. The first-order chi connectivity index (χ1) is 15.3. The minimum absolute atomic E-state index is 0.0803. The van der Waals surface area contributed by atoms with Crippen molar-refractivity contribution in [1.29, 1.82) is 0 Å². The third kappa shape index (κ3) is 4.82. The van der Waals surface area contributed by atoms with Gasteiger partial charge in [-0.2, -0.15) is 17.5 Å². The Balaban J connectivity index is 1.41. The Hall–Kier alpha value is -1.95. The standard InChI is InChI=1S/C22H29F3N4O3S/c1-17-13-27(14-21(7-8-21)15-28-10-9-26-16-28)11-12-29(17)33(31,32)19-5-3-18(4-6-19)20(2,30)22(23,24)25/h3-6,9-10,16-17,30H,7-8,11-15H2,1-2H3/t17-,20?/m1/s1. The number of aromatic nitrogens is 2. The maximum atomic E-state index is 13.2. The zero-order chi connectivity index (χ0) is 24.1. The van der Waals surface area contributed by atoms with Crippen LogP contribution < -0.4 is 0 Å². The molecule has 0 amide bonds. The van der Waals surface area contributed by atoms with Gasteiger partial charge < -0.3 is 9.67 Å². The van der Waals surface area contributed by atoms with Crippen LogP contribution in [0.5, 0.6) is 0 Å². The highest BCUT2D eigenvalue weighted by Gasteiger charge is 2.51. The molecule has 0 spiro atoms. The van der Waals surface area contributed by atoms with Crippen molar-refractivity contribution in [2.24, 2.45) is 5.41 Å². The largest absolute Gasteiger partial charge is 0.421 e. The summed E-state index contributed by atoms with van der Waals surface area (Å²) in [6.45, 7) is 5.78. The van der Waals surface area contributed by atoms with E-state index in [9.17, 15) is 26.7 Å². The molecule has 182 valence electrons. The Morgan fingerprint density at radius 2 is 1.82 bits per heavy atom. The molecule has 11 heteroatoms.